The van der Waals surface area contributed by atoms with Gasteiger partial charge in [-0.25, -0.2) is 4.98 Å². The van der Waals surface area contributed by atoms with Gasteiger partial charge in [0.1, 0.15) is 11.2 Å². The van der Waals surface area contributed by atoms with Crippen LogP contribution in [-0.2, 0) is 0 Å². The van der Waals surface area contributed by atoms with Crippen molar-refractivity contribution in [3.05, 3.63) is 46.5 Å². The first-order valence-corrected chi connectivity index (χ1v) is 7.74. The van der Waals surface area contributed by atoms with E-state index in [4.69, 9.17) is 0 Å². The lowest BCUT2D eigenvalue weighted by atomic mass is 10.2. The number of carbonyl (C=O) groups is 1. The molecule has 4 rings (SSSR count). The van der Waals surface area contributed by atoms with E-state index in [0.717, 1.165) is 25.6 Å². The fourth-order valence-electron chi connectivity index (χ4n) is 3.12. The number of aromatic nitrogens is 2. The average molecular weight is 298 g/mol. The van der Waals surface area contributed by atoms with E-state index in [1.807, 2.05) is 6.07 Å². The number of nitrogens with one attached hydrogen (secondary N) is 1. The monoisotopic (exact) mass is 298 g/mol. The molecule has 1 amide bonds. The third-order valence-corrected chi connectivity index (χ3v) is 4.48. The molecular formula is C16H18N4O2. The van der Waals surface area contributed by atoms with Crippen LogP contribution in [-0.4, -0.2) is 45.4 Å². The van der Waals surface area contributed by atoms with Crippen molar-refractivity contribution in [2.24, 2.45) is 0 Å². The van der Waals surface area contributed by atoms with Gasteiger partial charge < -0.3 is 5.32 Å². The first-order valence-electron chi connectivity index (χ1n) is 7.74. The summed E-state index contributed by atoms with van der Waals surface area (Å²) in [5, 5.41) is 2.98. The minimum absolute atomic E-state index is 0.105. The fraction of sp³-hybridized carbons (Fsp3) is 0.438. The Labute approximate surface area is 127 Å². The molecule has 2 fully saturated rings. The van der Waals surface area contributed by atoms with E-state index in [1.54, 1.807) is 18.3 Å². The van der Waals surface area contributed by atoms with Gasteiger partial charge in [0.2, 0.25) is 0 Å². The molecule has 1 aliphatic carbocycles. The van der Waals surface area contributed by atoms with Crippen molar-refractivity contribution in [1.82, 2.24) is 19.6 Å². The largest absolute Gasteiger partial charge is 0.348 e. The molecule has 1 saturated carbocycles. The summed E-state index contributed by atoms with van der Waals surface area (Å²) in [5.41, 5.74) is 0.332. The zero-order chi connectivity index (χ0) is 15.1. The summed E-state index contributed by atoms with van der Waals surface area (Å²) < 4.78 is 1.40. The summed E-state index contributed by atoms with van der Waals surface area (Å²) >= 11 is 0. The molecule has 0 aromatic carbocycles. The smallest absolute Gasteiger partial charge is 0.270 e. The van der Waals surface area contributed by atoms with Crippen molar-refractivity contribution >= 4 is 11.6 Å². The second-order valence-electron chi connectivity index (χ2n) is 6.09. The Hall–Kier alpha value is -2.21. The Bertz CT molecular complexity index is 781. The Morgan fingerprint density at radius 1 is 1.27 bits per heavy atom. The molecular weight excluding hydrogens is 280 g/mol. The van der Waals surface area contributed by atoms with Crippen LogP contribution in [0.2, 0.25) is 0 Å². The lowest BCUT2D eigenvalue weighted by Crippen LogP contribution is -2.40. The molecule has 1 atom stereocenters. The highest BCUT2D eigenvalue weighted by Crippen LogP contribution is 2.29. The lowest BCUT2D eigenvalue weighted by molar-refractivity contribution is 0.0935. The van der Waals surface area contributed by atoms with Crippen LogP contribution in [0, 0.1) is 0 Å². The van der Waals surface area contributed by atoms with Gasteiger partial charge in [0.05, 0.1) is 0 Å². The molecule has 0 radical (unpaired) electrons. The number of likely N-dealkylation sites (tertiary alicyclic amines) is 1. The van der Waals surface area contributed by atoms with Crippen LogP contribution in [0.3, 0.4) is 0 Å². The number of hydrogen-bond acceptors (Lipinski definition) is 4. The van der Waals surface area contributed by atoms with Crippen LogP contribution in [0.15, 0.2) is 35.4 Å². The Morgan fingerprint density at radius 3 is 2.95 bits per heavy atom. The quantitative estimate of drug-likeness (QED) is 0.904. The first kappa shape index (κ1) is 13.5. The molecule has 0 unspecified atom stereocenters. The Kier molecular flexibility index (Phi) is 3.18. The molecule has 1 saturated heterocycles. The van der Waals surface area contributed by atoms with Crippen LogP contribution >= 0.6 is 0 Å². The van der Waals surface area contributed by atoms with Gasteiger partial charge in [0, 0.05) is 37.6 Å². The molecule has 3 heterocycles. The fourth-order valence-corrected chi connectivity index (χ4v) is 3.12. The molecule has 6 nitrogen and oxygen atoms in total. The Morgan fingerprint density at radius 2 is 2.14 bits per heavy atom. The highest BCUT2D eigenvalue weighted by molar-refractivity contribution is 5.94. The summed E-state index contributed by atoms with van der Waals surface area (Å²) in [6, 6.07) is 6.15. The second kappa shape index (κ2) is 5.21. The minimum atomic E-state index is -0.321. The van der Waals surface area contributed by atoms with Gasteiger partial charge in [-0.05, 0) is 31.4 Å². The number of rotatable bonds is 3. The topological polar surface area (TPSA) is 66.7 Å². The molecule has 0 spiro atoms. The number of nitrogens with zero attached hydrogens (tertiary/aromatic N) is 3. The van der Waals surface area contributed by atoms with Gasteiger partial charge in [0.15, 0.2) is 0 Å². The highest BCUT2D eigenvalue weighted by atomic mass is 16.2. The SMILES string of the molecule is O=C(N[C@H]1CCN(C2CC2)C1)c1cnc2ccccn2c1=O. The summed E-state index contributed by atoms with van der Waals surface area (Å²) in [7, 11) is 0. The maximum absolute atomic E-state index is 12.4. The van der Waals surface area contributed by atoms with Crippen molar-refractivity contribution in [2.45, 2.75) is 31.3 Å². The zero-order valence-electron chi connectivity index (χ0n) is 12.2. The lowest BCUT2D eigenvalue weighted by Gasteiger charge is -2.15. The van der Waals surface area contributed by atoms with E-state index in [0.29, 0.717) is 5.65 Å². The van der Waals surface area contributed by atoms with Gasteiger partial charge >= 0.3 is 0 Å². The van der Waals surface area contributed by atoms with Crippen molar-refractivity contribution in [1.29, 1.82) is 0 Å². The van der Waals surface area contributed by atoms with Gasteiger partial charge in [-0.15, -0.1) is 0 Å². The number of pyridine rings is 1. The molecule has 2 aromatic heterocycles. The minimum Gasteiger partial charge on any atom is -0.348 e. The summed E-state index contributed by atoms with van der Waals surface area (Å²) in [5.74, 6) is -0.321. The Balaban J connectivity index is 1.53. The molecule has 0 bridgehead atoms. The van der Waals surface area contributed by atoms with E-state index >= 15 is 0 Å². The maximum Gasteiger partial charge on any atom is 0.270 e. The first-order chi connectivity index (χ1) is 10.7. The molecule has 2 aromatic rings. The number of amides is 1. The van der Waals surface area contributed by atoms with E-state index in [9.17, 15) is 9.59 Å². The van der Waals surface area contributed by atoms with Gasteiger partial charge in [-0.1, -0.05) is 6.07 Å². The average Bonchev–Trinajstić information content (AvgIpc) is 3.28. The standard InChI is InChI=1S/C16H18N4O2/c21-15(18-11-6-8-19(10-11)12-4-5-12)13-9-17-14-3-1-2-7-20(14)16(13)22/h1-3,7,9,11-12H,4-6,8,10H2,(H,18,21)/t11-/m0/s1. The van der Waals surface area contributed by atoms with Gasteiger partial charge in [-0.2, -0.15) is 0 Å². The van der Waals surface area contributed by atoms with E-state index in [2.05, 4.69) is 15.2 Å². The predicted molar refractivity (Wildman–Crippen MR) is 81.9 cm³/mol. The van der Waals surface area contributed by atoms with Gasteiger partial charge in [0.25, 0.3) is 11.5 Å². The van der Waals surface area contributed by atoms with Gasteiger partial charge in [-0.3, -0.25) is 18.9 Å². The third kappa shape index (κ3) is 2.39. The van der Waals surface area contributed by atoms with Crippen molar-refractivity contribution < 1.29 is 4.79 Å². The molecule has 6 heteroatoms. The molecule has 22 heavy (non-hydrogen) atoms. The number of fused-ring (bicyclic) bond motifs is 1. The van der Waals surface area contributed by atoms with E-state index in [-0.39, 0.29) is 23.1 Å². The van der Waals surface area contributed by atoms with Crippen LogP contribution in [0.1, 0.15) is 29.6 Å². The summed E-state index contributed by atoms with van der Waals surface area (Å²) in [6.45, 7) is 1.92. The highest BCUT2D eigenvalue weighted by Gasteiger charge is 2.35. The van der Waals surface area contributed by atoms with Crippen LogP contribution in [0.25, 0.3) is 5.65 Å². The summed E-state index contributed by atoms with van der Waals surface area (Å²) in [6.07, 6.45) is 6.50. The summed E-state index contributed by atoms with van der Waals surface area (Å²) in [4.78, 5) is 31.4. The molecule has 114 valence electrons. The van der Waals surface area contributed by atoms with Crippen LogP contribution in [0.4, 0.5) is 0 Å². The zero-order valence-corrected chi connectivity index (χ0v) is 12.2. The molecule has 1 aliphatic heterocycles. The third-order valence-electron chi connectivity index (χ3n) is 4.48. The molecule has 2 aliphatic rings. The maximum atomic E-state index is 12.4. The number of carbonyl (C=O) groups excluding carboxylic acids is 1. The predicted octanol–water partition coefficient (Wildman–Crippen LogP) is 0.661. The van der Waals surface area contributed by atoms with Crippen molar-refractivity contribution in [3.8, 4) is 0 Å². The van der Waals surface area contributed by atoms with E-state index < -0.39 is 0 Å². The number of hydrogen-bond donors (Lipinski definition) is 1. The van der Waals surface area contributed by atoms with E-state index in [1.165, 1.54) is 23.4 Å². The van der Waals surface area contributed by atoms with Crippen LogP contribution < -0.4 is 10.9 Å². The van der Waals surface area contributed by atoms with Crippen molar-refractivity contribution in [3.63, 3.8) is 0 Å². The molecule has 1 N–H and O–H groups in total. The normalized spacial score (nSPS) is 22.1. The van der Waals surface area contributed by atoms with Crippen molar-refractivity contribution in [2.75, 3.05) is 13.1 Å². The van der Waals surface area contributed by atoms with Crippen LogP contribution in [0.5, 0.6) is 0 Å². The second-order valence-corrected chi connectivity index (χ2v) is 6.09.